The van der Waals surface area contributed by atoms with Gasteiger partial charge in [0.1, 0.15) is 5.82 Å². The van der Waals surface area contributed by atoms with Crippen LogP contribution >= 0.6 is 11.3 Å². The highest BCUT2D eigenvalue weighted by Gasteiger charge is 2.41. The van der Waals surface area contributed by atoms with Gasteiger partial charge < -0.3 is 10.4 Å². The summed E-state index contributed by atoms with van der Waals surface area (Å²) in [6, 6.07) is 29.7. The Labute approximate surface area is 241 Å². The van der Waals surface area contributed by atoms with Gasteiger partial charge in [0.2, 0.25) is 0 Å². The molecule has 2 atom stereocenters. The summed E-state index contributed by atoms with van der Waals surface area (Å²) < 4.78 is 1.70. The molecule has 3 heterocycles. The van der Waals surface area contributed by atoms with E-state index in [1.54, 1.807) is 34.2 Å². The van der Waals surface area contributed by atoms with Crippen molar-refractivity contribution in [3.05, 3.63) is 135 Å². The molecule has 5 aromatic rings. The van der Waals surface area contributed by atoms with E-state index in [1.807, 2.05) is 37.3 Å². The van der Waals surface area contributed by atoms with Gasteiger partial charge in [-0.25, -0.2) is 9.48 Å². The molecule has 3 aromatic carbocycles. The van der Waals surface area contributed by atoms with E-state index >= 15 is 0 Å². The fourth-order valence-electron chi connectivity index (χ4n) is 6.25. The van der Waals surface area contributed by atoms with E-state index in [0.29, 0.717) is 24.3 Å². The van der Waals surface area contributed by atoms with Crippen LogP contribution < -0.4 is 5.32 Å². The number of anilines is 1. The van der Waals surface area contributed by atoms with Crippen molar-refractivity contribution in [2.75, 3.05) is 5.32 Å². The molecule has 0 fully saturated rings. The van der Waals surface area contributed by atoms with Gasteiger partial charge >= 0.3 is 5.97 Å². The predicted octanol–water partition coefficient (Wildman–Crippen LogP) is 7.57. The first-order valence-corrected chi connectivity index (χ1v) is 14.5. The molecule has 0 spiro atoms. The van der Waals surface area contributed by atoms with Crippen molar-refractivity contribution in [2.24, 2.45) is 0 Å². The number of carbonyl (C=O) groups is 2. The van der Waals surface area contributed by atoms with Crippen LogP contribution in [0.25, 0.3) is 16.8 Å². The van der Waals surface area contributed by atoms with Crippen molar-refractivity contribution >= 4 is 28.9 Å². The normalized spacial score (nSPS) is 18.0. The highest BCUT2D eigenvalue weighted by molar-refractivity contribution is 7.10. The van der Waals surface area contributed by atoms with Crippen molar-refractivity contribution in [1.82, 2.24) is 9.78 Å². The maximum atomic E-state index is 13.9. The number of aromatic carboxylic acids is 1. The number of nitrogens with one attached hydrogen (secondary N) is 1. The average molecular weight is 558 g/mol. The molecule has 0 radical (unpaired) electrons. The highest BCUT2D eigenvalue weighted by atomic mass is 32.1. The van der Waals surface area contributed by atoms with Gasteiger partial charge in [0.25, 0.3) is 0 Å². The average Bonchev–Trinajstić information content (AvgIpc) is 3.65. The second-order valence-electron chi connectivity index (χ2n) is 10.6. The number of benzene rings is 3. The summed E-state index contributed by atoms with van der Waals surface area (Å²) in [4.78, 5) is 27.3. The van der Waals surface area contributed by atoms with Gasteiger partial charge in [0.15, 0.2) is 5.78 Å². The standard InChI is InChI=1S/C34H27N3O3S/c1-20-30-31(23-15-13-22(14-16-23)21-8-3-2-4-9-21)32-26(18-24(19-28(32)38)29-12-7-17-41-29)35-33(30)37(36-20)27-11-6-5-10-25(27)34(39)40/h2-17,24,31,35H,18-19H2,1H3,(H,39,40). The third-order valence-electron chi connectivity index (χ3n) is 8.12. The van der Waals surface area contributed by atoms with Gasteiger partial charge in [0, 0.05) is 40.0 Å². The van der Waals surface area contributed by atoms with Crippen LogP contribution in [-0.2, 0) is 4.79 Å². The number of carboxylic acid groups (broad SMARTS) is 1. The number of fused-ring (bicyclic) bond motifs is 1. The van der Waals surface area contributed by atoms with Crippen LogP contribution in [0, 0.1) is 6.92 Å². The third-order valence-corrected chi connectivity index (χ3v) is 9.16. The first-order chi connectivity index (χ1) is 20.0. The molecule has 0 bridgehead atoms. The number of thiophene rings is 1. The number of hydrogen-bond acceptors (Lipinski definition) is 5. The molecule has 0 saturated heterocycles. The second kappa shape index (κ2) is 10.0. The van der Waals surface area contributed by atoms with E-state index in [-0.39, 0.29) is 23.2 Å². The lowest BCUT2D eigenvalue weighted by atomic mass is 9.73. The smallest absolute Gasteiger partial charge is 0.337 e. The van der Waals surface area contributed by atoms with Gasteiger partial charge in [-0.1, -0.05) is 72.8 Å². The molecule has 2 N–H and O–H groups in total. The zero-order chi connectivity index (χ0) is 28.1. The molecule has 41 heavy (non-hydrogen) atoms. The number of ketones is 1. The summed E-state index contributed by atoms with van der Waals surface area (Å²) >= 11 is 1.68. The lowest BCUT2D eigenvalue weighted by Gasteiger charge is -2.35. The molecular formula is C34H27N3O3S. The maximum Gasteiger partial charge on any atom is 0.337 e. The Balaban J connectivity index is 1.40. The summed E-state index contributed by atoms with van der Waals surface area (Å²) in [6.07, 6.45) is 1.16. The number of hydrogen-bond donors (Lipinski definition) is 2. The minimum absolute atomic E-state index is 0.0974. The van der Waals surface area contributed by atoms with Crippen LogP contribution in [0.15, 0.2) is 108 Å². The number of rotatable bonds is 5. The van der Waals surface area contributed by atoms with Crippen LogP contribution in [0.5, 0.6) is 0 Å². The number of aryl methyl sites for hydroxylation is 1. The lowest BCUT2D eigenvalue weighted by molar-refractivity contribution is -0.116. The zero-order valence-corrected chi connectivity index (χ0v) is 23.2. The molecule has 0 saturated carbocycles. The van der Waals surface area contributed by atoms with Crippen molar-refractivity contribution in [3.8, 4) is 16.8 Å². The van der Waals surface area contributed by atoms with E-state index in [2.05, 4.69) is 53.2 Å². The number of Topliss-reactive ketones (excluding diaryl/α,β-unsaturated/α-hetero) is 1. The Morgan fingerprint density at radius 1 is 0.927 bits per heavy atom. The number of carboxylic acids is 1. The van der Waals surface area contributed by atoms with Gasteiger partial charge in [0.05, 0.1) is 16.9 Å². The number of allylic oxidation sites excluding steroid dienone is 2. The van der Waals surface area contributed by atoms with E-state index < -0.39 is 5.97 Å². The van der Waals surface area contributed by atoms with Gasteiger partial charge in [-0.3, -0.25) is 4.79 Å². The number of nitrogens with zero attached hydrogens (tertiary/aromatic N) is 2. The SMILES string of the molecule is Cc1nn(-c2ccccc2C(=O)O)c2c1C(c1ccc(-c3ccccc3)cc1)C1=C(CC(c3cccs3)CC1=O)N2. The minimum atomic E-state index is -1.02. The zero-order valence-electron chi connectivity index (χ0n) is 22.4. The first kappa shape index (κ1) is 25.2. The van der Waals surface area contributed by atoms with E-state index in [0.717, 1.165) is 39.2 Å². The van der Waals surface area contributed by atoms with Crippen LogP contribution in [0.3, 0.4) is 0 Å². The van der Waals surface area contributed by atoms with Crippen molar-refractivity contribution < 1.29 is 14.7 Å². The number of carbonyl (C=O) groups excluding carboxylic acids is 1. The fourth-order valence-corrected chi connectivity index (χ4v) is 7.08. The molecule has 0 amide bonds. The van der Waals surface area contributed by atoms with Gasteiger partial charge in [-0.15, -0.1) is 11.3 Å². The molecule has 7 rings (SSSR count). The third kappa shape index (κ3) is 4.30. The molecule has 2 aliphatic rings. The second-order valence-corrected chi connectivity index (χ2v) is 11.5. The largest absolute Gasteiger partial charge is 0.478 e. The van der Waals surface area contributed by atoms with Crippen LogP contribution in [0.2, 0.25) is 0 Å². The summed E-state index contributed by atoms with van der Waals surface area (Å²) in [5.74, 6) is -0.379. The van der Waals surface area contributed by atoms with Crippen molar-refractivity contribution in [1.29, 1.82) is 0 Å². The van der Waals surface area contributed by atoms with Crippen LogP contribution in [-0.4, -0.2) is 26.6 Å². The molecule has 202 valence electrons. The quantitative estimate of drug-likeness (QED) is 0.233. The highest BCUT2D eigenvalue weighted by Crippen LogP contribution is 2.50. The topological polar surface area (TPSA) is 84.2 Å². The van der Waals surface area contributed by atoms with E-state index in [1.165, 1.54) is 4.88 Å². The Morgan fingerprint density at radius 2 is 1.66 bits per heavy atom. The Morgan fingerprint density at radius 3 is 2.39 bits per heavy atom. The summed E-state index contributed by atoms with van der Waals surface area (Å²) in [6.45, 7) is 1.93. The van der Waals surface area contributed by atoms with Crippen LogP contribution in [0.4, 0.5) is 5.82 Å². The molecule has 6 nitrogen and oxygen atoms in total. The summed E-state index contributed by atoms with van der Waals surface area (Å²) in [5.41, 5.74) is 7.22. The Hall–Kier alpha value is -4.75. The van der Waals surface area contributed by atoms with Crippen LogP contribution in [0.1, 0.15) is 56.7 Å². The molecule has 1 aliphatic carbocycles. The minimum Gasteiger partial charge on any atom is -0.478 e. The van der Waals surface area contributed by atoms with Crippen molar-refractivity contribution in [3.63, 3.8) is 0 Å². The first-order valence-electron chi connectivity index (χ1n) is 13.6. The monoisotopic (exact) mass is 557 g/mol. The van der Waals surface area contributed by atoms with E-state index in [9.17, 15) is 14.7 Å². The molecular weight excluding hydrogens is 530 g/mol. The van der Waals surface area contributed by atoms with Gasteiger partial charge in [-0.05, 0) is 53.6 Å². The fraction of sp³-hybridized carbons (Fsp3) is 0.147. The lowest BCUT2D eigenvalue weighted by Crippen LogP contribution is -2.30. The molecule has 1 aliphatic heterocycles. The maximum absolute atomic E-state index is 13.9. The van der Waals surface area contributed by atoms with Gasteiger partial charge in [-0.2, -0.15) is 5.10 Å². The van der Waals surface area contributed by atoms with Crippen molar-refractivity contribution in [2.45, 2.75) is 31.6 Å². The molecule has 7 heteroatoms. The predicted molar refractivity (Wildman–Crippen MR) is 161 cm³/mol. The number of aromatic nitrogens is 2. The summed E-state index contributed by atoms with van der Waals surface area (Å²) in [5, 5.41) is 20.4. The Kier molecular flexibility index (Phi) is 6.16. The number of para-hydroxylation sites is 1. The molecule has 2 aromatic heterocycles. The molecule has 2 unspecified atom stereocenters. The Bertz CT molecular complexity index is 1820. The van der Waals surface area contributed by atoms with E-state index in [4.69, 9.17) is 5.10 Å². The summed E-state index contributed by atoms with van der Waals surface area (Å²) in [7, 11) is 0.